The summed E-state index contributed by atoms with van der Waals surface area (Å²) in [6, 6.07) is 7.29. The van der Waals surface area contributed by atoms with Gasteiger partial charge in [-0.05, 0) is 58.6 Å². The van der Waals surface area contributed by atoms with Gasteiger partial charge in [0.15, 0.2) is 11.1 Å². The van der Waals surface area contributed by atoms with Crippen LogP contribution in [0.25, 0.3) is 12.2 Å². The zero-order valence-corrected chi connectivity index (χ0v) is 30.3. The van der Waals surface area contributed by atoms with Crippen LogP contribution in [0.4, 0.5) is 35.2 Å². The first-order chi connectivity index (χ1) is 24.5. The maximum absolute atomic E-state index is 12.4. The second-order valence-electron chi connectivity index (χ2n) is 9.54. The van der Waals surface area contributed by atoms with E-state index >= 15 is 0 Å². The summed E-state index contributed by atoms with van der Waals surface area (Å²) in [7, 11) is -9.78. The second-order valence-corrected chi connectivity index (χ2v) is 14.7. The minimum Gasteiger partial charge on any atom is -0.376 e. The summed E-state index contributed by atoms with van der Waals surface area (Å²) in [5, 5.41) is 28.8. The Morgan fingerprint density at radius 3 is 1.85 bits per heavy atom. The van der Waals surface area contributed by atoms with Gasteiger partial charge in [-0.2, -0.15) is 46.7 Å². The van der Waals surface area contributed by atoms with Crippen LogP contribution in [-0.4, -0.2) is 99.9 Å². The van der Waals surface area contributed by atoms with Gasteiger partial charge in [-0.1, -0.05) is 29.3 Å². The summed E-state index contributed by atoms with van der Waals surface area (Å²) in [5.41, 5.74) is -0.112. The molecule has 22 nitrogen and oxygen atoms in total. The first kappa shape index (κ1) is 40.9. The Morgan fingerprint density at radius 2 is 1.35 bits per heavy atom. The molecule has 0 aliphatic carbocycles. The van der Waals surface area contributed by atoms with Gasteiger partial charge in [0.05, 0.1) is 0 Å². The van der Waals surface area contributed by atoms with E-state index in [1.807, 2.05) is 0 Å². The zero-order valence-electron chi connectivity index (χ0n) is 25.6. The lowest BCUT2D eigenvalue weighted by atomic mass is 10.1. The molecular weight excluding hydrogens is 819 g/mol. The van der Waals surface area contributed by atoms with E-state index in [4.69, 9.17) is 33.0 Å². The number of rotatable bonds is 18. The van der Waals surface area contributed by atoms with E-state index in [0.29, 0.717) is 5.75 Å². The van der Waals surface area contributed by atoms with Crippen molar-refractivity contribution < 1.29 is 54.4 Å². The highest BCUT2D eigenvalue weighted by Crippen LogP contribution is 2.28. The summed E-state index contributed by atoms with van der Waals surface area (Å²) in [4.78, 5) is 23.2. The standard InChI is InChI=1S/C24H24Cl2N10O12S4/c25-19-30-21(27-7-8-49-48-47-38)34-22(31-19)28-15-5-3-13(17(9-15)51(41,42)43)1-2-14-4-6-16(10-18(14)52(44,45)46)29-23-32-20(26)33-24(35-23)36(11-37)12-50(39)40/h1-6,9-10,37-38H,7-8,11-12H2,(H,39,40)(H,41,42,43)(H,44,45,46)(H,29,32,33,35)(H2,27,28,30,31,34). The van der Waals surface area contributed by atoms with Crippen LogP contribution in [0.1, 0.15) is 11.1 Å². The van der Waals surface area contributed by atoms with Crippen molar-refractivity contribution in [1.29, 1.82) is 0 Å². The molecule has 28 heteroatoms. The van der Waals surface area contributed by atoms with E-state index in [2.05, 4.69) is 55.2 Å². The van der Waals surface area contributed by atoms with Crippen LogP contribution in [0, 0.1) is 0 Å². The van der Waals surface area contributed by atoms with E-state index in [0.717, 1.165) is 35.2 Å². The summed E-state index contributed by atoms with van der Waals surface area (Å²) in [5.74, 6) is -0.902. The average molecular weight is 844 g/mol. The molecule has 0 saturated carbocycles. The van der Waals surface area contributed by atoms with E-state index < -0.39 is 53.7 Å². The Labute approximate surface area is 310 Å². The Morgan fingerprint density at radius 1 is 0.827 bits per heavy atom. The Bertz CT molecular complexity index is 2190. The molecule has 1 atom stereocenters. The molecule has 0 aliphatic heterocycles. The molecule has 0 radical (unpaired) electrons. The topological polar surface area (TPSA) is 322 Å². The van der Waals surface area contributed by atoms with Gasteiger partial charge in [-0.15, -0.1) is 4.33 Å². The zero-order chi connectivity index (χ0) is 38.1. The minimum absolute atomic E-state index is 0.00863. The lowest BCUT2D eigenvalue weighted by Crippen LogP contribution is -2.30. The molecule has 2 aromatic carbocycles. The molecule has 2 aromatic heterocycles. The van der Waals surface area contributed by atoms with Crippen LogP contribution >= 0.6 is 35.2 Å². The number of nitrogens with one attached hydrogen (secondary N) is 3. The molecule has 280 valence electrons. The number of nitrogens with zero attached hydrogens (tertiary/aromatic N) is 7. The lowest BCUT2D eigenvalue weighted by molar-refractivity contribution is -0.432. The third kappa shape index (κ3) is 12.1. The fourth-order valence-corrected chi connectivity index (χ4v) is 6.46. The van der Waals surface area contributed by atoms with E-state index in [-0.39, 0.29) is 63.4 Å². The number of benzene rings is 2. The number of aliphatic hydroxyl groups is 1. The molecular formula is C24H24Cl2N10O12S4. The molecule has 52 heavy (non-hydrogen) atoms. The van der Waals surface area contributed by atoms with Crippen LogP contribution in [0.3, 0.4) is 0 Å². The number of hydrogen-bond donors (Lipinski definition) is 8. The van der Waals surface area contributed by atoms with Gasteiger partial charge < -0.3 is 30.5 Å². The predicted molar refractivity (Wildman–Crippen MR) is 189 cm³/mol. The molecule has 0 bridgehead atoms. The van der Waals surface area contributed by atoms with Crippen LogP contribution in [-0.2, 0) is 40.7 Å². The van der Waals surface area contributed by atoms with Crippen molar-refractivity contribution in [3.63, 3.8) is 0 Å². The summed E-state index contributed by atoms with van der Waals surface area (Å²) in [6.45, 7) is -0.511. The minimum atomic E-state index is -4.91. The molecule has 4 rings (SSSR count). The number of hydrogen-bond acceptors (Lipinski definition) is 20. The van der Waals surface area contributed by atoms with Crippen molar-refractivity contribution >= 4 is 114 Å². The van der Waals surface area contributed by atoms with Crippen molar-refractivity contribution in [3.8, 4) is 0 Å². The highest BCUT2D eigenvalue weighted by molar-refractivity contribution is 7.94. The maximum atomic E-state index is 12.4. The molecule has 0 aliphatic rings. The van der Waals surface area contributed by atoms with Crippen molar-refractivity contribution in [1.82, 2.24) is 29.9 Å². The highest BCUT2D eigenvalue weighted by Gasteiger charge is 2.20. The molecule has 0 amide bonds. The van der Waals surface area contributed by atoms with Crippen molar-refractivity contribution in [2.45, 2.75) is 9.79 Å². The van der Waals surface area contributed by atoms with Crippen molar-refractivity contribution in [3.05, 3.63) is 58.1 Å². The number of aromatic nitrogens is 6. The largest absolute Gasteiger partial charge is 0.376 e. The molecule has 4 aromatic rings. The van der Waals surface area contributed by atoms with Gasteiger partial charge >= 0.3 is 0 Å². The van der Waals surface area contributed by atoms with Crippen LogP contribution < -0.4 is 20.9 Å². The second kappa shape index (κ2) is 18.2. The maximum Gasteiger partial charge on any atom is 0.295 e. The number of halogens is 2. The average Bonchev–Trinajstić information content (AvgIpc) is 3.05. The molecule has 2 heterocycles. The first-order valence-electron chi connectivity index (χ1n) is 13.6. The van der Waals surface area contributed by atoms with Gasteiger partial charge in [-0.25, -0.2) is 9.47 Å². The first-order valence-corrected chi connectivity index (χ1v) is 19.4. The smallest absolute Gasteiger partial charge is 0.295 e. The fraction of sp³-hybridized carbons (Fsp3) is 0.167. The molecule has 0 saturated heterocycles. The molecule has 8 N–H and O–H groups in total. The van der Waals surface area contributed by atoms with Crippen LogP contribution in [0.2, 0.25) is 10.6 Å². The van der Waals surface area contributed by atoms with E-state index in [1.54, 1.807) is 0 Å². The number of aliphatic hydroxyl groups excluding tert-OH is 1. The van der Waals surface area contributed by atoms with Crippen molar-refractivity contribution in [2.24, 2.45) is 0 Å². The van der Waals surface area contributed by atoms with Gasteiger partial charge in [0.2, 0.25) is 34.4 Å². The lowest BCUT2D eigenvalue weighted by Gasteiger charge is -2.18. The van der Waals surface area contributed by atoms with Crippen LogP contribution in [0.5, 0.6) is 0 Å². The Kier molecular flexibility index (Phi) is 14.3. The van der Waals surface area contributed by atoms with E-state index in [1.165, 1.54) is 30.3 Å². The van der Waals surface area contributed by atoms with Gasteiger partial charge in [-0.3, -0.25) is 9.11 Å². The monoisotopic (exact) mass is 842 g/mol. The van der Waals surface area contributed by atoms with Gasteiger partial charge in [0, 0.05) is 35.7 Å². The summed E-state index contributed by atoms with van der Waals surface area (Å²) < 4.78 is 94.0. The van der Waals surface area contributed by atoms with Crippen LogP contribution in [0.15, 0.2) is 46.2 Å². The van der Waals surface area contributed by atoms with E-state index in [9.17, 15) is 35.3 Å². The molecule has 0 fully saturated rings. The Hall–Kier alpha value is -3.90. The summed E-state index contributed by atoms with van der Waals surface area (Å²) in [6.07, 6.45) is 2.33. The fourth-order valence-electron chi connectivity index (χ4n) is 3.96. The third-order valence-corrected chi connectivity index (χ3v) is 9.23. The highest BCUT2D eigenvalue weighted by atomic mass is 35.5. The van der Waals surface area contributed by atoms with Gasteiger partial charge in [0.1, 0.15) is 22.4 Å². The van der Waals surface area contributed by atoms with Crippen molar-refractivity contribution in [2.75, 3.05) is 45.8 Å². The SMILES string of the molecule is O=S(O)CN(CO)c1nc(Cl)nc(Nc2ccc(C=Cc3ccc(Nc4nc(Cl)nc(NCCSOOO)n4)cc3S(=O)(=O)O)c(S(=O)(=O)O)c2)n1. The third-order valence-electron chi connectivity index (χ3n) is 6.01. The number of anilines is 6. The molecule has 1 unspecified atom stereocenters. The quantitative estimate of drug-likeness (QED) is 0.0104. The predicted octanol–water partition coefficient (Wildman–Crippen LogP) is 2.93. The molecule has 0 spiro atoms. The van der Waals surface area contributed by atoms with Gasteiger partial charge in [0.25, 0.3) is 20.2 Å². The Balaban J connectivity index is 1.60. The summed E-state index contributed by atoms with van der Waals surface area (Å²) >= 11 is 10.3. The normalized spacial score (nSPS) is 12.5.